The second-order valence-corrected chi connectivity index (χ2v) is 5.74. The molecule has 1 heterocycles. The maximum Gasteiger partial charge on any atom is 0.234 e. The number of hydrogen-bond acceptors (Lipinski definition) is 3. The number of thioether (sulfide) groups is 1. The zero-order valence-corrected chi connectivity index (χ0v) is 12.5. The van der Waals surface area contributed by atoms with Gasteiger partial charge in [-0.25, -0.2) is 4.98 Å². The summed E-state index contributed by atoms with van der Waals surface area (Å²) in [4.78, 5) is 16.2. The number of pyridine rings is 1. The molecule has 0 spiro atoms. The Bertz CT molecular complexity index is 570. The second kappa shape index (κ2) is 7.10. The third-order valence-electron chi connectivity index (χ3n) is 2.85. The largest absolute Gasteiger partial charge is 0.325 e. The number of nitrogens with one attached hydrogen (secondary N) is 1. The normalized spacial score (nSPS) is 10.6. The molecule has 1 aromatic carbocycles. The van der Waals surface area contributed by atoms with Crippen LogP contribution in [0.5, 0.6) is 0 Å². The molecular weight excluding hydrogens is 268 g/mol. The van der Waals surface area contributed by atoms with E-state index in [1.54, 1.807) is 6.20 Å². The van der Waals surface area contributed by atoms with Gasteiger partial charge < -0.3 is 5.32 Å². The fraction of sp³-hybridized carbons (Fsp3) is 0.250. The van der Waals surface area contributed by atoms with Gasteiger partial charge >= 0.3 is 0 Å². The molecule has 3 nitrogen and oxygen atoms in total. The minimum absolute atomic E-state index is 0.00578. The van der Waals surface area contributed by atoms with E-state index in [-0.39, 0.29) is 5.91 Å². The molecule has 1 amide bonds. The molecule has 0 atom stereocenters. The Labute approximate surface area is 123 Å². The van der Waals surface area contributed by atoms with Crippen LogP contribution in [0.4, 0.5) is 5.69 Å². The van der Waals surface area contributed by atoms with Gasteiger partial charge in [0.15, 0.2) is 0 Å². The zero-order chi connectivity index (χ0) is 14.4. The van der Waals surface area contributed by atoms with Crippen LogP contribution in [-0.4, -0.2) is 16.6 Å². The standard InChI is InChI=1S/C16H18N2OS/c1-12(2)13-7-3-4-8-14(13)18-15(19)11-20-16-9-5-6-10-17-16/h3-10,12H,11H2,1-2H3,(H,18,19). The van der Waals surface area contributed by atoms with Crippen LogP contribution in [0, 0.1) is 0 Å². The molecule has 2 aromatic rings. The molecule has 20 heavy (non-hydrogen) atoms. The molecule has 0 aliphatic carbocycles. The minimum Gasteiger partial charge on any atom is -0.325 e. The Kier molecular flexibility index (Phi) is 5.18. The molecule has 4 heteroatoms. The highest BCUT2D eigenvalue weighted by molar-refractivity contribution is 7.99. The molecule has 0 aliphatic heterocycles. The van der Waals surface area contributed by atoms with Crippen LogP contribution >= 0.6 is 11.8 Å². The number of carbonyl (C=O) groups excluding carboxylic acids is 1. The summed E-state index contributed by atoms with van der Waals surface area (Å²) in [6.45, 7) is 4.24. The maximum absolute atomic E-state index is 12.0. The van der Waals surface area contributed by atoms with Gasteiger partial charge in [-0.05, 0) is 29.7 Å². The molecule has 2 rings (SSSR count). The number of rotatable bonds is 5. The molecule has 0 saturated carbocycles. The van der Waals surface area contributed by atoms with Crippen molar-refractivity contribution in [3.8, 4) is 0 Å². The number of nitrogens with zero attached hydrogens (tertiary/aromatic N) is 1. The fourth-order valence-electron chi connectivity index (χ4n) is 1.87. The maximum atomic E-state index is 12.0. The van der Waals surface area contributed by atoms with Gasteiger partial charge in [-0.2, -0.15) is 0 Å². The van der Waals surface area contributed by atoms with Gasteiger partial charge in [0.2, 0.25) is 5.91 Å². The van der Waals surface area contributed by atoms with Crippen LogP contribution in [0.15, 0.2) is 53.7 Å². The molecule has 0 saturated heterocycles. The van der Waals surface area contributed by atoms with Crippen molar-refractivity contribution < 1.29 is 4.79 Å². The highest BCUT2D eigenvalue weighted by Crippen LogP contribution is 2.24. The average Bonchev–Trinajstić information content (AvgIpc) is 2.46. The summed E-state index contributed by atoms with van der Waals surface area (Å²) >= 11 is 1.44. The van der Waals surface area contributed by atoms with Crippen molar-refractivity contribution in [1.82, 2.24) is 4.98 Å². The summed E-state index contributed by atoms with van der Waals surface area (Å²) in [5.74, 6) is 0.743. The lowest BCUT2D eigenvalue weighted by Gasteiger charge is -2.13. The van der Waals surface area contributed by atoms with Crippen molar-refractivity contribution in [3.63, 3.8) is 0 Å². The number of aromatic nitrogens is 1. The number of anilines is 1. The van der Waals surface area contributed by atoms with Crippen molar-refractivity contribution in [2.24, 2.45) is 0 Å². The molecular formula is C16H18N2OS. The van der Waals surface area contributed by atoms with Crippen LogP contribution in [0.3, 0.4) is 0 Å². The first-order chi connectivity index (χ1) is 9.66. The Hall–Kier alpha value is -1.81. The van der Waals surface area contributed by atoms with Crippen LogP contribution in [0.1, 0.15) is 25.3 Å². The van der Waals surface area contributed by atoms with E-state index in [0.29, 0.717) is 11.7 Å². The molecule has 0 bridgehead atoms. The first kappa shape index (κ1) is 14.6. The zero-order valence-electron chi connectivity index (χ0n) is 11.7. The summed E-state index contributed by atoms with van der Waals surface area (Å²) < 4.78 is 0. The summed E-state index contributed by atoms with van der Waals surface area (Å²) in [7, 11) is 0. The van der Waals surface area contributed by atoms with E-state index in [2.05, 4.69) is 24.1 Å². The van der Waals surface area contributed by atoms with E-state index in [9.17, 15) is 4.79 Å². The average molecular weight is 286 g/mol. The Morgan fingerprint density at radius 3 is 2.65 bits per heavy atom. The lowest BCUT2D eigenvalue weighted by Crippen LogP contribution is -2.15. The lowest BCUT2D eigenvalue weighted by atomic mass is 10.0. The summed E-state index contributed by atoms with van der Waals surface area (Å²) in [6, 6.07) is 13.6. The lowest BCUT2D eigenvalue weighted by molar-refractivity contribution is -0.113. The van der Waals surface area contributed by atoms with E-state index >= 15 is 0 Å². The van der Waals surface area contributed by atoms with E-state index in [1.807, 2.05) is 42.5 Å². The predicted molar refractivity (Wildman–Crippen MR) is 84.1 cm³/mol. The first-order valence-corrected chi connectivity index (χ1v) is 7.58. The minimum atomic E-state index is -0.00578. The van der Waals surface area contributed by atoms with Crippen LogP contribution in [0.2, 0.25) is 0 Å². The van der Waals surface area contributed by atoms with Gasteiger partial charge in [0.1, 0.15) is 0 Å². The van der Waals surface area contributed by atoms with Crippen LogP contribution in [0.25, 0.3) is 0 Å². The SMILES string of the molecule is CC(C)c1ccccc1NC(=O)CSc1ccccn1. The van der Waals surface area contributed by atoms with Gasteiger partial charge in [0.05, 0.1) is 10.8 Å². The first-order valence-electron chi connectivity index (χ1n) is 6.59. The highest BCUT2D eigenvalue weighted by Gasteiger charge is 2.09. The molecule has 0 unspecified atom stereocenters. The smallest absolute Gasteiger partial charge is 0.234 e. The fourth-order valence-corrected chi connectivity index (χ4v) is 2.53. The molecule has 1 aromatic heterocycles. The predicted octanol–water partition coefficient (Wildman–Crippen LogP) is 3.94. The summed E-state index contributed by atoms with van der Waals surface area (Å²) in [5.41, 5.74) is 2.05. The van der Waals surface area contributed by atoms with Gasteiger partial charge in [-0.15, -0.1) is 0 Å². The number of benzene rings is 1. The van der Waals surface area contributed by atoms with Crippen molar-refractivity contribution >= 4 is 23.4 Å². The molecule has 104 valence electrons. The summed E-state index contributed by atoms with van der Waals surface area (Å²) in [5, 5.41) is 3.84. The number of carbonyl (C=O) groups is 1. The number of hydrogen-bond donors (Lipinski definition) is 1. The second-order valence-electron chi connectivity index (χ2n) is 4.75. The third-order valence-corrected chi connectivity index (χ3v) is 3.79. The molecule has 0 radical (unpaired) electrons. The van der Waals surface area contributed by atoms with Crippen molar-refractivity contribution in [3.05, 3.63) is 54.2 Å². The Balaban J connectivity index is 1.95. The monoisotopic (exact) mass is 286 g/mol. The molecule has 0 fully saturated rings. The number of amides is 1. The number of para-hydroxylation sites is 1. The van der Waals surface area contributed by atoms with Gasteiger partial charge in [-0.3, -0.25) is 4.79 Å². The molecule has 1 N–H and O–H groups in total. The van der Waals surface area contributed by atoms with Crippen molar-refractivity contribution in [2.75, 3.05) is 11.1 Å². The van der Waals surface area contributed by atoms with Crippen molar-refractivity contribution in [2.45, 2.75) is 24.8 Å². The summed E-state index contributed by atoms with van der Waals surface area (Å²) in [6.07, 6.45) is 1.73. The molecule has 0 aliphatic rings. The Morgan fingerprint density at radius 2 is 1.95 bits per heavy atom. The van der Waals surface area contributed by atoms with Gasteiger partial charge in [-0.1, -0.05) is 49.9 Å². The van der Waals surface area contributed by atoms with E-state index < -0.39 is 0 Å². The van der Waals surface area contributed by atoms with Gasteiger partial charge in [0.25, 0.3) is 0 Å². The third kappa shape index (κ3) is 4.10. The quantitative estimate of drug-likeness (QED) is 0.847. The van der Waals surface area contributed by atoms with Crippen molar-refractivity contribution in [1.29, 1.82) is 0 Å². The van der Waals surface area contributed by atoms with E-state index in [0.717, 1.165) is 16.3 Å². The van der Waals surface area contributed by atoms with Gasteiger partial charge in [0, 0.05) is 11.9 Å². The highest BCUT2D eigenvalue weighted by atomic mass is 32.2. The topological polar surface area (TPSA) is 42.0 Å². The van der Waals surface area contributed by atoms with E-state index in [4.69, 9.17) is 0 Å². The van der Waals surface area contributed by atoms with E-state index in [1.165, 1.54) is 11.8 Å². The van der Waals surface area contributed by atoms with Crippen LogP contribution in [-0.2, 0) is 4.79 Å². The Morgan fingerprint density at radius 1 is 1.20 bits per heavy atom. The van der Waals surface area contributed by atoms with Crippen LogP contribution < -0.4 is 5.32 Å².